The number of carbonyl (C=O) groups excluding carboxylic acids is 1. The lowest BCUT2D eigenvalue weighted by atomic mass is 10.1. The van der Waals surface area contributed by atoms with Crippen LogP contribution in [0.15, 0.2) is 42.5 Å². The molecule has 8 heteroatoms. The first-order valence-corrected chi connectivity index (χ1v) is 10.7. The number of piperazine rings is 1. The lowest BCUT2D eigenvalue weighted by molar-refractivity contribution is 0.0672. The van der Waals surface area contributed by atoms with Gasteiger partial charge in [-0.2, -0.15) is 0 Å². The molecule has 4 aromatic rings. The van der Waals surface area contributed by atoms with Gasteiger partial charge in [0.2, 0.25) is 5.95 Å². The van der Waals surface area contributed by atoms with Gasteiger partial charge in [0.15, 0.2) is 5.65 Å². The van der Waals surface area contributed by atoms with E-state index in [1.54, 1.807) is 0 Å². The van der Waals surface area contributed by atoms with Crippen molar-refractivity contribution in [3.63, 3.8) is 0 Å². The Hall–Kier alpha value is -3.19. The van der Waals surface area contributed by atoms with Gasteiger partial charge < -0.3 is 9.80 Å². The topological polar surface area (TPSA) is 66.6 Å². The minimum absolute atomic E-state index is 0.0320. The zero-order valence-electron chi connectivity index (χ0n) is 17.7. The first-order valence-electron chi connectivity index (χ1n) is 10.4. The van der Waals surface area contributed by atoms with Crippen molar-refractivity contribution in [1.29, 1.82) is 0 Å². The molecule has 0 aliphatic carbocycles. The molecule has 3 heterocycles. The van der Waals surface area contributed by atoms with E-state index < -0.39 is 0 Å². The molecule has 0 bridgehead atoms. The Bertz CT molecular complexity index is 1320. The summed E-state index contributed by atoms with van der Waals surface area (Å²) in [5, 5.41) is 10.2. The highest BCUT2D eigenvalue weighted by molar-refractivity contribution is 6.31. The number of aryl methyl sites for hydroxylation is 2. The summed E-state index contributed by atoms with van der Waals surface area (Å²) in [6.45, 7) is 7.94. The molecule has 31 heavy (non-hydrogen) atoms. The van der Waals surface area contributed by atoms with E-state index in [9.17, 15) is 4.79 Å². The van der Waals surface area contributed by atoms with E-state index in [1.165, 1.54) is 0 Å². The van der Waals surface area contributed by atoms with Crippen molar-refractivity contribution in [3.8, 4) is 0 Å². The molecule has 1 saturated heterocycles. The fraction of sp³-hybridized carbons (Fsp3) is 0.304. The van der Waals surface area contributed by atoms with Crippen LogP contribution in [-0.4, -0.2) is 56.1 Å². The Morgan fingerprint density at radius 1 is 1.10 bits per heavy atom. The van der Waals surface area contributed by atoms with Crippen LogP contribution in [0.25, 0.3) is 16.6 Å². The van der Waals surface area contributed by atoms with Gasteiger partial charge in [0.05, 0.1) is 5.52 Å². The lowest BCUT2D eigenvalue weighted by Gasteiger charge is -2.40. The molecular weight excluding hydrogens is 412 g/mol. The van der Waals surface area contributed by atoms with Gasteiger partial charge in [-0.25, -0.2) is 9.38 Å². The van der Waals surface area contributed by atoms with E-state index in [1.807, 2.05) is 65.6 Å². The molecule has 1 amide bonds. The Balaban J connectivity index is 1.50. The predicted molar refractivity (Wildman–Crippen MR) is 122 cm³/mol. The maximum Gasteiger partial charge on any atom is 0.254 e. The molecule has 158 valence electrons. The molecule has 7 nitrogen and oxygen atoms in total. The Morgan fingerprint density at radius 2 is 1.90 bits per heavy atom. The third kappa shape index (κ3) is 3.29. The molecule has 0 saturated carbocycles. The third-order valence-electron chi connectivity index (χ3n) is 5.99. The molecule has 1 fully saturated rings. The van der Waals surface area contributed by atoms with Crippen LogP contribution in [0.3, 0.4) is 0 Å². The van der Waals surface area contributed by atoms with E-state index in [-0.39, 0.29) is 11.9 Å². The van der Waals surface area contributed by atoms with E-state index >= 15 is 0 Å². The number of carbonyl (C=O) groups is 1. The van der Waals surface area contributed by atoms with Crippen molar-refractivity contribution in [2.75, 3.05) is 24.5 Å². The van der Waals surface area contributed by atoms with Gasteiger partial charge in [0.25, 0.3) is 5.91 Å². The van der Waals surface area contributed by atoms with Crippen molar-refractivity contribution in [2.45, 2.75) is 26.8 Å². The SMILES string of the molecule is Cc1ccccc1C(=O)N1CCN(c2nc3cc(Cl)ccc3c3nnc(C)n23)CC1C. The minimum atomic E-state index is 0.0320. The minimum Gasteiger partial charge on any atom is -0.338 e. The highest BCUT2D eigenvalue weighted by atomic mass is 35.5. The summed E-state index contributed by atoms with van der Waals surface area (Å²) in [5.74, 6) is 1.64. The quantitative estimate of drug-likeness (QED) is 0.478. The highest BCUT2D eigenvalue weighted by Crippen LogP contribution is 2.28. The molecule has 2 aromatic heterocycles. The van der Waals surface area contributed by atoms with Crippen molar-refractivity contribution < 1.29 is 4.79 Å². The van der Waals surface area contributed by atoms with Gasteiger partial charge in [-0.1, -0.05) is 29.8 Å². The van der Waals surface area contributed by atoms with Crippen molar-refractivity contribution in [2.24, 2.45) is 0 Å². The molecule has 0 spiro atoms. The summed E-state index contributed by atoms with van der Waals surface area (Å²) < 4.78 is 1.99. The molecule has 1 unspecified atom stereocenters. The zero-order chi connectivity index (χ0) is 21.7. The molecule has 1 aliphatic rings. The number of anilines is 1. The van der Waals surface area contributed by atoms with Crippen LogP contribution in [0.4, 0.5) is 5.95 Å². The summed E-state index contributed by atoms with van der Waals surface area (Å²) in [6, 6.07) is 13.4. The molecule has 0 radical (unpaired) electrons. The van der Waals surface area contributed by atoms with E-state index in [2.05, 4.69) is 22.0 Å². The summed E-state index contributed by atoms with van der Waals surface area (Å²) in [5.41, 5.74) is 3.31. The van der Waals surface area contributed by atoms with Crippen molar-refractivity contribution in [3.05, 3.63) is 64.4 Å². The van der Waals surface area contributed by atoms with Crippen LogP contribution in [0, 0.1) is 13.8 Å². The van der Waals surface area contributed by atoms with Crippen LogP contribution < -0.4 is 4.90 Å². The Kier molecular flexibility index (Phi) is 4.78. The molecule has 2 aromatic carbocycles. The maximum atomic E-state index is 13.2. The number of fused-ring (bicyclic) bond motifs is 3. The number of aromatic nitrogens is 4. The van der Waals surface area contributed by atoms with Gasteiger partial charge >= 0.3 is 0 Å². The van der Waals surface area contributed by atoms with E-state index in [4.69, 9.17) is 16.6 Å². The third-order valence-corrected chi connectivity index (χ3v) is 6.23. The van der Waals surface area contributed by atoms with Crippen LogP contribution in [-0.2, 0) is 0 Å². The molecule has 1 aliphatic heterocycles. The van der Waals surface area contributed by atoms with Crippen LogP contribution in [0.1, 0.15) is 28.7 Å². The maximum absolute atomic E-state index is 13.2. The van der Waals surface area contributed by atoms with Crippen LogP contribution in [0.5, 0.6) is 0 Å². The smallest absolute Gasteiger partial charge is 0.254 e. The fourth-order valence-corrected chi connectivity index (χ4v) is 4.51. The summed E-state index contributed by atoms with van der Waals surface area (Å²) >= 11 is 6.22. The Morgan fingerprint density at radius 3 is 2.68 bits per heavy atom. The first kappa shape index (κ1) is 19.8. The average Bonchev–Trinajstić information content (AvgIpc) is 3.14. The molecular formula is C23H23ClN6O. The van der Waals surface area contributed by atoms with Gasteiger partial charge in [-0.3, -0.25) is 4.79 Å². The number of halogens is 1. The van der Waals surface area contributed by atoms with Gasteiger partial charge in [-0.05, 0) is 50.6 Å². The second kappa shape index (κ2) is 7.50. The average molecular weight is 435 g/mol. The summed E-state index contributed by atoms with van der Waals surface area (Å²) in [4.78, 5) is 22.2. The normalized spacial score (nSPS) is 17.0. The van der Waals surface area contributed by atoms with E-state index in [0.717, 1.165) is 39.4 Å². The van der Waals surface area contributed by atoms with E-state index in [0.29, 0.717) is 24.7 Å². The number of hydrogen-bond acceptors (Lipinski definition) is 5. The second-order valence-electron chi connectivity index (χ2n) is 8.09. The summed E-state index contributed by atoms with van der Waals surface area (Å²) in [7, 11) is 0. The van der Waals surface area contributed by atoms with Crippen molar-refractivity contribution >= 4 is 40.0 Å². The van der Waals surface area contributed by atoms with Crippen LogP contribution >= 0.6 is 11.6 Å². The number of rotatable bonds is 2. The van der Waals surface area contributed by atoms with Gasteiger partial charge in [-0.15, -0.1) is 10.2 Å². The number of amides is 1. The van der Waals surface area contributed by atoms with Crippen LogP contribution in [0.2, 0.25) is 5.02 Å². The number of benzene rings is 2. The summed E-state index contributed by atoms with van der Waals surface area (Å²) in [6.07, 6.45) is 0. The zero-order valence-corrected chi connectivity index (χ0v) is 18.5. The largest absolute Gasteiger partial charge is 0.338 e. The molecule has 1 atom stereocenters. The van der Waals surface area contributed by atoms with Gasteiger partial charge in [0, 0.05) is 41.6 Å². The monoisotopic (exact) mass is 434 g/mol. The molecule has 5 rings (SSSR count). The molecule has 0 N–H and O–H groups in total. The predicted octanol–water partition coefficient (Wildman–Crippen LogP) is 3.90. The number of nitrogens with zero attached hydrogens (tertiary/aromatic N) is 6. The number of hydrogen-bond donors (Lipinski definition) is 0. The van der Waals surface area contributed by atoms with Gasteiger partial charge in [0.1, 0.15) is 5.82 Å². The second-order valence-corrected chi connectivity index (χ2v) is 8.52. The fourth-order valence-electron chi connectivity index (χ4n) is 4.34. The lowest BCUT2D eigenvalue weighted by Crippen LogP contribution is -2.54. The Labute approximate surface area is 185 Å². The standard InChI is InChI=1S/C23H23ClN6O/c1-14-6-4-5-7-18(14)22(31)29-11-10-28(13-15(29)2)23-25-20-12-17(24)8-9-19(20)21-27-26-16(3)30(21)23/h4-9,12,15H,10-11,13H2,1-3H3. The van der Waals surface area contributed by atoms with Crippen molar-refractivity contribution in [1.82, 2.24) is 24.5 Å². The highest BCUT2D eigenvalue weighted by Gasteiger charge is 2.31. The first-order chi connectivity index (χ1) is 14.9.